The highest BCUT2D eigenvalue weighted by Gasteiger charge is 2.20. The first-order valence-corrected chi connectivity index (χ1v) is 6.77. The van der Waals surface area contributed by atoms with Crippen molar-refractivity contribution < 1.29 is 9.53 Å². The number of hydrogen-bond donors (Lipinski definition) is 2. The second-order valence-electron chi connectivity index (χ2n) is 4.77. The van der Waals surface area contributed by atoms with Crippen LogP contribution in [0.15, 0.2) is 23.1 Å². The molecule has 0 heterocycles. The number of carbonyl (C=O) groups is 1. The van der Waals surface area contributed by atoms with Gasteiger partial charge >= 0.3 is 0 Å². The van der Waals surface area contributed by atoms with Gasteiger partial charge in [0.1, 0.15) is 0 Å². The molecule has 1 aromatic rings. The van der Waals surface area contributed by atoms with Gasteiger partial charge in [0.2, 0.25) is 0 Å². The largest absolute Gasteiger partial charge is 0.379 e. The van der Waals surface area contributed by atoms with E-state index in [1.165, 1.54) is 12.8 Å². The van der Waals surface area contributed by atoms with Gasteiger partial charge in [-0.3, -0.25) is 4.79 Å². The molecule has 0 radical (unpaired) electrons. The predicted octanol–water partition coefficient (Wildman–Crippen LogP) is 2.44. The number of thiol groups is 1. The Kier molecular flexibility index (Phi) is 4.66. The van der Waals surface area contributed by atoms with Crippen LogP contribution < -0.4 is 5.32 Å². The molecule has 1 aliphatic rings. The van der Waals surface area contributed by atoms with Crippen LogP contribution in [0.5, 0.6) is 0 Å². The number of ether oxygens (including phenoxy) is 1. The maximum absolute atomic E-state index is 11.9. The monoisotopic (exact) mass is 265 g/mol. The number of rotatable bonds is 6. The molecule has 0 aliphatic heterocycles. The smallest absolute Gasteiger partial charge is 0.251 e. The fourth-order valence-electron chi connectivity index (χ4n) is 1.72. The summed E-state index contributed by atoms with van der Waals surface area (Å²) in [6, 6.07) is 5.58. The Morgan fingerprint density at radius 2 is 2.28 bits per heavy atom. The maximum Gasteiger partial charge on any atom is 0.251 e. The van der Waals surface area contributed by atoms with Crippen molar-refractivity contribution in [3.05, 3.63) is 29.3 Å². The molecule has 0 bridgehead atoms. The molecule has 1 fully saturated rings. The van der Waals surface area contributed by atoms with Crippen molar-refractivity contribution in [1.29, 1.82) is 0 Å². The van der Waals surface area contributed by atoms with E-state index in [0.29, 0.717) is 18.7 Å². The van der Waals surface area contributed by atoms with E-state index in [4.69, 9.17) is 4.74 Å². The lowest BCUT2D eigenvalue weighted by Crippen LogP contribution is -2.28. The molecule has 1 N–H and O–H groups in total. The molecule has 0 spiro atoms. The Hall–Kier alpha value is -1.00. The molecular formula is C14H19NO2S. The van der Waals surface area contributed by atoms with Crippen LogP contribution >= 0.6 is 12.6 Å². The third-order valence-electron chi connectivity index (χ3n) is 3.05. The summed E-state index contributed by atoms with van der Waals surface area (Å²) in [6.07, 6.45) is 2.58. The summed E-state index contributed by atoms with van der Waals surface area (Å²) in [4.78, 5) is 12.7. The molecule has 1 aromatic carbocycles. The van der Waals surface area contributed by atoms with Gasteiger partial charge in [0, 0.05) is 23.6 Å². The van der Waals surface area contributed by atoms with Crippen molar-refractivity contribution in [2.24, 2.45) is 5.92 Å². The van der Waals surface area contributed by atoms with Gasteiger partial charge in [0.15, 0.2) is 0 Å². The van der Waals surface area contributed by atoms with Gasteiger partial charge < -0.3 is 10.1 Å². The second-order valence-corrected chi connectivity index (χ2v) is 5.29. The maximum atomic E-state index is 11.9. The number of aryl methyl sites for hydroxylation is 1. The molecule has 1 saturated carbocycles. The zero-order chi connectivity index (χ0) is 13.0. The van der Waals surface area contributed by atoms with E-state index >= 15 is 0 Å². The summed E-state index contributed by atoms with van der Waals surface area (Å²) in [5, 5.41) is 2.86. The van der Waals surface area contributed by atoms with Crippen LogP contribution in [0.2, 0.25) is 0 Å². The highest BCUT2D eigenvalue weighted by atomic mass is 32.1. The van der Waals surface area contributed by atoms with Crippen molar-refractivity contribution in [2.75, 3.05) is 19.8 Å². The van der Waals surface area contributed by atoms with Crippen molar-refractivity contribution in [2.45, 2.75) is 24.7 Å². The number of hydrogen-bond acceptors (Lipinski definition) is 3. The molecule has 0 saturated heterocycles. The van der Waals surface area contributed by atoms with Gasteiger partial charge in [0.05, 0.1) is 6.61 Å². The van der Waals surface area contributed by atoms with Crippen LogP contribution in [-0.4, -0.2) is 25.7 Å². The lowest BCUT2D eigenvalue weighted by molar-refractivity contribution is 0.0906. The summed E-state index contributed by atoms with van der Waals surface area (Å²) < 4.78 is 5.47. The molecule has 0 unspecified atom stereocenters. The summed E-state index contributed by atoms with van der Waals surface area (Å²) in [5.74, 6) is 0.710. The Balaban J connectivity index is 1.74. The molecule has 18 heavy (non-hydrogen) atoms. The van der Waals surface area contributed by atoms with Gasteiger partial charge in [-0.15, -0.1) is 12.6 Å². The van der Waals surface area contributed by atoms with Crippen molar-refractivity contribution in [1.82, 2.24) is 5.32 Å². The fourth-order valence-corrected chi connectivity index (χ4v) is 1.92. The third kappa shape index (κ3) is 4.03. The van der Waals surface area contributed by atoms with E-state index in [1.807, 2.05) is 19.1 Å². The Bertz CT molecular complexity index is 430. The number of nitrogens with one attached hydrogen (secondary N) is 1. The van der Waals surface area contributed by atoms with Gasteiger partial charge in [-0.1, -0.05) is 6.07 Å². The molecule has 1 aliphatic carbocycles. The van der Waals surface area contributed by atoms with E-state index in [1.54, 1.807) is 6.07 Å². The minimum Gasteiger partial charge on any atom is -0.379 e. The molecule has 1 amide bonds. The molecule has 2 rings (SSSR count). The second kappa shape index (κ2) is 6.25. The van der Waals surface area contributed by atoms with Gasteiger partial charge in [0.25, 0.3) is 5.91 Å². The predicted molar refractivity (Wildman–Crippen MR) is 74.3 cm³/mol. The Labute approximate surface area is 113 Å². The van der Waals surface area contributed by atoms with Crippen molar-refractivity contribution in [3.8, 4) is 0 Å². The molecule has 3 nitrogen and oxygen atoms in total. The Morgan fingerprint density at radius 3 is 3.00 bits per heavy atom. The van der Waals surface area contributed by atoms with Crippen molar-refractivity contribution in [3.63, 3.8) is 0 Å². The summed E-state index contributed by atoms with van der Waals surface area (Å²) in [7, 11) is 0. The zero-order valence-electron chi connectivity index (χ0n) is 10.6. The van der Waals surface area contributed by atoms with E-state index < -0.39 is 0 Å². The standard InChI is InChI=1S/C14H19NO2S/c1-10-2-5-12(18)8-13(10)14(16)15-6-7-17-9-11-3-4-11/h2,5,8,11,18H,3-4,6-7,9H2,1H3,(H,15,16). The highest BCUT2D eigenvalue weighted by molar-refractivity contribution is 7.80. The van der Waals surface area contributed by atoms with Crippen LogP contribution in [0.4, 0.5) is 0 Å². The first-order chi connectivity index (χ1) is 8.66. The molecule has 0 aromatic heterocycles. The van der Waals surface area contributed by atoms with Crippen molar-refractivity contribution >= 4 is 18.5 Å². The minimum atomic E-state index is -0.0570. The Morgan fingerprint density at radius 1 is 1.50 bits per heavy atom. The average molecular weight is 265 g/mol. The summed E-state index contributed by atoms with van der Waals surface area (Å²) in [6.45, 7) is 3.90. The molecule has 4 heteroatoms. The normalized spacial score (nSPS) is 14.6. The number of amides is 1. The lowest BCUT2D eigenvalue weighted by atomic mass is 10.1. The van der Waals surface area contributed by atoms with E-state index in [0.717, 1.165) is 23.0 Å². The molecular weight excluding hydrogens is 246 g/mol. The van der Waals surface area contributed by atoms with E-state index in [2.05, 4.69) is 17.9 Å². The topological polar surface area (TPSA) is 38.3 Å². The average Bonchev–Trinajstić information content (AvgIpc) is 3.15. The number of benzene rings is 1. The first-order valence-electron chi connectivity index (χ1n) is 6.32. The molecule has 98 valence electrons. The quantitative estimate of drug-likeness (QED) is 0.612. The molecule has 0 atom stereocenters. The van der Waals surface area contributed by atoms with Gasteiger partial charge in [-0.05, 0) is 43.4 Å². The lowest BCUT2D eigenvalue weighted by Gasteiger charge is -2.08. The van der Waals surface area contributed by atoms with Crippen LogP contribution in [0, 0.1) is 12.8 Å². The van der Waals surface area contributed by atoms with Crippen LogP contribution in [-0.2, 0) is 4.74 Å². The number of carbonyl (C=O) groups excluding carboxylic acids is 1. The SMILES string of the molecule is Cc1ccc(S)cc1C(=O)NCCOCC1CC1. The van der Waals surface area contributed by atoms with Gasteiger partial charge in [-0.25, -0.2) is 0 Å². The fraction of sp³-hybridized carbons (Fsp3) is 0.500. The van der Waals surface area contributed by atoms with Crippen LogP contribution in [0.1, 0.15) is 28.8 Å². The third-order valence-corrected chi connectivity index (χ3v) is 3.33. The van der Waals surface area contributed by atoms with Crippen LogP contribution in [0.25, 0.3) is 0 Å². The minimum absolute atomic E-state index is 0.0570. The van der Waals surface area contributed by atoms with E-state index in [-0.39, 0.29) is 5.91 Å². The first kappa shape index (κ1) is 13.4. The summed E-state index contributed by atoms with van der Waals surface area (Å²) in [5.41, 5.74) is 1.65. The van der Waals surface area contributed by atoms with Gasteiger partial charge in [-0.2, -0.15) is 0 Å². The van der Waals surface area contributed by atoms with E-state index in [9.17, 15) is 4.79 Å². The van der Waals surface area contributed by atoms with Crippen LogP contribution in [0.3, 0.4) is 0 Å². The highest BCUT2D eigenvalue weighted by Crippen LogP contribution is 2.28. The zero-order valence-corrected chi connectivity index (χ0v) is 11.5. The summed E-state index contributed by atoms with van der Waals surface area (Å²) >= 11 is 4.25.